The Morgan fingerprint density at radius 1 is 0.756 bits per heavy atom. The fourth-order valence-electron chi connectivity index (χ4n) is 3.46. The molecule has 0 aliphatic carbocycles. The third-order valence-electron chi connectivity index (χ3n) is 5.46. The van der Waals surface area contributed by atoms with Crippen LogP contribution in [0, 0.1) is 5.82 Å². The molecule has 2 atom stereocenters. The van der Waals surface area contributed by atoms with E-state index in [0.29, 0.717) is 13.2 Å². The summed E-state index contributed by atoms with van der Waals surface area (Å²) in [5.41, 5.74) is 0. The molecule has 226 valence electrons. The van der Waals surface area contributed by atoms with Gasteiger partial charge in [-0.25, -0.2) is 8.02 Å². The summed E-state index contributed by atoms with van der Waals surface area (Å²) in [4.78, 5) is -0.209. The van der Waals surface area contributed by atoms with Gasteiger partial charge in [0.1, 0.15) is 18.2 Å². The quantitative estimate of drug-likeness (QED) is 0.175. The SMILES string of the molecule is COCCOCCOc1ccc(S(OS(=O)(=O)C(F)(F)C(O)C(F)(F)F)(c2ccccc2)c2ccc(F)cc2)cc1. The van der Waals surface area contributed by atoms with Gasteiger partial charge in [0.25, 0.3) is 0 Å². The molecule has 41 heavy (non-hydrogen) atoms. The van der Waals surface area contributed by atoms with Gasteiger partial charge in [-0.05, 0) is 71.0 Å². The second-order valence-corrected chi connectivity index (χ2v) is 12.8. The van der Waals surface area contributed by atoms with Crippen LogP contribution in [0.15, 0.2) is 93.5 Å². The van der Waals surface area contributed by atoms with E-state index in [-0.39, 0.29) is 33.6 Å². The first-order valence-electron chi connectivity index (χ1n) is 11.8. The molecule has 3 rings (SSSR count). The summed E-state index contributed by atoms with van der Waals surface area (Å²) >= 11 is 0. The Hall–Kier alpha value is -2.82. The van der Waals surface area contributed by atoms with E-state index in [2.05, 4.69) is 0 Å². The minimum absolute atomic E-state index is 0.0207. The number of aliphatic hydroxyl groups is 1. The lowest BCUT2D eigenvalue weighted by Crippen LogP contribution is -2.50. The van der Waals surface area contributed by atoms with Crippen LogP contribution in [0.5, 0.6) is 5.75 Å². The number of hydrogen-bond acceptors (Lipinski definition) is 7. The smallest absolute Gasteiger partial charge is 0.421 e. The van der Waals surface area contributed by atoms with Crippen LogP contribution in [0.3, 0.4) is 0 Å². The Labute approximate surface area is 234 Å². The van der Waals surface area contributed by atoms with Crippen molar-refractivity contribution in [1.29, 1.82) is 0 Å². The molecule has 0 fully saturated rings. The number of ether oxygens (including phenoxy) is 3. The summed E-state index contributed by atoms with van der Waals surface area (Å²) < 4.78 is 129. The minimum Gasteiger partial charge on any atom is -0.491 e. The van der Waals surface area contributed by atoms with Crippen molar-refractivity contribution < 1.29 is 57.7 Å². The molecule has 7 nitrogen and oxygen atoms in total. The van der Waals surface area contributed by atoms with E-state index in [9.17, 15) is 39.9 Å². The topological polar surface area (TPSA) is 91.3 Å². The van der Waals surface area contributed by atoms with Crippen molar-refractivity contribution in [3.63, 3.8) is 0 Å². The van der Waals surface area contributed by atoms with Gasteiger partial charge in [0, 0.05) is 21.8 Å². The highest BCUT2D eigenvalue weighted by molar-refractivity contribution is 8.33. The molecule has 0 amide bonds. The zero-order valence-electron chi connectivity index (χ0n) is 21.4. The summed E-state index contributed by atoms with van der Waals surface area (Å²) in [7, 11) is -8.82. The van der Waals surface area contributed by atoms with Gasteiger partial charge < -0.3 is 19.3 Å². The first-order chi connectivity index (χ1) is 19.3. The lowest BCUT2D eigenvalue weighted by atomic mass is 10.3. The van der Waals surface area contributed by atoms with Gasteiger partial charge in [0.05, 0.1) is 19.8 Å². The van der Waals surface area contributed by atoms with Crippen LogP contribution in [0.25, 0.3) is 0 Å². The van der Waals surface area contributed by atoms with E-state index in [0.717, 1.165) is 24.3 Å². The molecule has 0 heterocycles. The van der Waals surface area contributed by atoms with E-state index in [1.165, 1.54) is 61.7 Å². The second-order valence-electron chi connectivity index (χ2n) is 8.28. The number of alkyl halides is 5. The zero-order chi connectivity index (χ0) is 30.3. The van der Waals surface area contributed by atoms with Crippen LogP contribution < -0.4 is 4.74 Å². The van der Waals surface area contributed by atoms with Crippen LogP contribution in [-0.4, -0.2) is 64.6 Å². The molecule has 0 saturated heterocycles. The maximum absolute atomic E-state index is 14.8. The molecular formula is C26H26F6O7S2. The molecule has 0 saturated carbocycles. The van der Waals surface area contributed by atoms with Gasteiger partial charge >= 0.3 is 21.5 Å². The average Bonchev–Trinajstić information content (AvgIpc) is 2.94. The highest BCUT2D eigenvalue weighted by atomic mass is 32.3. The summed E-state index contributed by atoms with van der Waals surface area (Å²) in [6, 6.07) is 16.4. The van der Waals surface area contributed by atoms with Gasteiger partial charge in [-0.3, -0.25) is 0 Å². The van der Waals surface area contributed by atoms with Crippen molar-refractivity contribution in [3.8, 4) is 5.75 Å². The van der Waals surface area contributed by atoms with E-state index >= 15 is 0 Å². The van der Waals surface area contributed by atoms with Gasteiger partial charge in [-0.2, -0.15) is 30.4 Å². The molecule has 0 bridgehead atoms. The third-order valence-corrected chi connectivity index (χ3v) is 10.7. The van der Waals surface area contributed by atoms with Gasteiger partial charge in [0.2, 0.25) is 6.10 Å². The van der Waals surface area contributed by atoms with Crippen molar-refractivity contribution >= 4 is 20.4 Å². The Bertz CT molecular complexity index is 1360. The van der Waals surface area contributed by atoms with Crippen molar-refractivity contribution in [2.75, 3.05) is 33.5 Å². The van der Waals surface area contributed by atoms with Crippen molar-refractivity contribution in [3.05, 3.63) is 84.7 Å². The van der Waals surface area contributed by atoms with Crippen LogP contribution in [-0.2, 0) is 23.2 Å². The monoisotopic (exact) mass is 628 g/mol. The summed E-state index contributed by atoms with van der Waals surface area (Å²) in [6.45, 7) is 1.03. The summed E-state index contributed by atoms with van der Waals surface area (Å²) in [5, 5.41) is 3.47. The maximum Gasteiger partial charge on any atom is 0.421 e. The molecule has 0 aromatic heterocycles. The number of hydrogen-bond donors (Lipinski definition) is 1. The Balaban J connectivity index is 2.13. The van der Waals surface area contributed by atoms with Crippen LogP contribution in [0.4, 0.5) is 26.3 Å². The van der Waals surface area contributed by atoms with Crippen molar-refractivity contribution in [2.24, 2.45) is 0 Å². The van der Waals surface area contributed by atoms with E-state index in [1.807, 2.05) is 0 Å². The van der Waals surface area contributed by atoms with E-state index in [1.54, 1.807) is 0 Å². The average molecular weight is 629 g/mol. The lowest BCUT2D eigenvalue weighted by Gasteiger charge is -2.40. The zero-order valence-corrected chi connectivity index (χ0v) is 23.0. The minimum atomic E-state index is -6.51. The summed E-state index contributed by atoms with van der Waals surface area (Å²) in [5.74, 6) is -0.488. The summed E-state index contributed by atoms with van der Waals surface area (Å²) in [6.07, 6.45) is -10.6. The lowest BCUT2D eigenvalue weighted by molar-refractivity contribution is -0.248. The van der Waals surface area contributed by atoms with Gasteiger partial charge in [-0.1, -0.05) is 18.2 Å². The van der Waals surface area contributed by atoms with Crippen LogP contribution >= 0.6 is 10.3 Å². The predicted molar refractivity (Wildman–Crippen MR) is 137 cm³/mol. The maximum atomic E-state index is 14.8. The van der Waals surface area contributed by atoms with Gasteiger partial charge in [-0.15, -0.1) is 0 Å². The first kappa shape index (κ1) is 32.7. The van der Waals surface area contributed by atoms with Crippen molar-refractivity contribution in [2.45, 2.75) is 32.2 Å². The molecule has 0 radical (unpaired) electrons. The first-order valence-corrected chi connectivity index (χ1v) is 14.7. The Morgan fingerprint density at radius 3 is 1.80 bits per heavy atom. The molecule has 3 aromatic rings. The highest BCUT2D eigenvalue weighted by Crippen LogP contribution is 2.70. The number of benzene rings is 3. The number of methoxy groups -OCH3 is 1. The number of aliphatic hydroxyl groups excluding tert-OH is 1. The number of rotatable bonds is 14. The Kier molecular flexibility index (Phi) is 10.7. The highest BCUT2D eigenvalue weighted by Gasteiger charge is 2.65. The standard InChI is InChI=1S/C26H26F6O7S2/c1-36-15-16-37-17-18-38-20-9-13-23(14-10-20)40(21-5-3-2-4-6-21,22-11-7-19(27)8-12-22)39-41(34,35)26(31,32)24(33)25(28,29)30/h2-14,24,33H,15-18H2,1H3. The molecule has 3 aromatic carbocycles. The molecule has 0 aliphatic rings. The van der Waals surface area contributed by atoms with E-state index in [4.69, 9.17) is 17.8 Å². The molecular weight excluding hydrogens is 602 g/mol. The fourth-order valence-corrected chi connectivity index (χ4v) is 8.65. The third kappa shape index (κ3) is 7.53. The van der Waals surface area contributed by atoms with Gasteiger partial charge in [0.15, 0.2) is 0 Å². The number of halogens is 6. The fraction of sp³-hybridized carbons (Fsp3) is 0.308. The van der Waals surface area contributed by atoms with E-state index < -0.39 is 43.8 Å². The molecule has 15 heteroatoms. The van der Waals surface area contributed by atoms with Crippen molar-refractivity contribution in [1.82, 2.24) is 0 Å². The normalized spacial score (nSPS) is 15.6. The largest absolute Gasteiger partial charge is 0.491 e. The predicted octanol–water partition coefficient (Wildman–Crippen LogP) is 5.93. The van der Waals surface area contributed by atoms with Crippen LogP contribution in [0.1, 0.15) is 0 Å². The second kappa shape index (κ2) is 13.4. The molecule has 1 N–H and O–H groups in total. The molecule has 0 aliphatic heterocycles. The Morgan fingerprint density at radius 2 is 1.27 bits per heavy atom. The van der Waals surface area contributed by atoms with Crippen LogP contribution in [0.2, 0.25) is 0 Å². The molecule has 2 unspecified atom stereocenters. The molecule has 0 spiro atoms.